The summed E-state index contributed by atoms with van der Waals surface area (Å²) in [4.78, 5) is 0. The Kier molecular flexibility index (Phi) is 4.24. The Morgan fingerprint density at radius 3 is 1.80 bits per heavy atom. The third-order valence-corrected chi connectivity index (χ3v) is 3.71. The van der Waals surface area contributed by atoms with Crippen LogP contribution in [0.15, 0.2) is 30.3 Å². The van der Waals surface area contributed by atoms with Crippen LogP contribution in [0.25, 0.3) is 0 Å². The van der Waals surface area contributed by atoms with Gasteiger partial charge in [-0.1, -0.05) is 29.3 Å². The molecule has 1 atom stereocenters. The molecule has 1 unspecified atom stereocenters. The highest BCUT2D eigenvalue weighted by molar-refractivity contribution is 5.44. The molecule has 0 heterocycles. The van der Waals surface area contributed by atoms with Gasteiger partial charge in [0.15, 0.2) is 0 Å². The molecule has 2 aromatic carbocycles. The van der Waals surface area contributed by atoms with Crippen LogP contribution < -0.4 is 5.32 Å². The first-order valence-corrected chi connectivity index (χ1v) is 6.94. The highest BCUT2D eigenvalue weighted by Crippen LogP contribution is 2.29. The quantitative estimate of drug-likeness (QED) is 0.874. The van der Waals surface area contributed by atoms with E-state index in [1.54, 1.807) is 12.1 Å². The Bertz CT molecular complexity index is 588. The molecule has 20 heavy (non-hydrogen) atoms. The van der Waals surface area contributed by atoms with E-state index in [9.17, 15) is 4.39 Å². The Labute approximate surface area is 120 Å². The van der Waals surface area contributed by atoms with Gasteiger partial charge in [-0.25, -0.2) is 4.39 Å². The summed E-state index contributed by atoms with van der Waals surface area (Å²) in [5.41, 5.74) is 6.86. The molecule has 0 bridgehead atoms. The van der Waals surface area contributed by atoms with Crippen LogP contribution in [0.2, 0.25) is 0 Å². The van der Waals surface area contributed by atoms with Gasteiger partial charge in [-0.3, -0.25) is 0 Å². The van der Waals surface area contributed by atoms with Crippen molar-refractivity contribution < 1.29 is 4.39 Å². The number of halogens is 1. The molecule has 0 spiro atoms. The van der Waals surface area contributed by atoms with E-state index in [2.05, 4.69) is 37.4 Å². The molecule has 0 saturated carbocycles. The fraction of sp³-hybridized carbons (Fsp3) is 0.333. The second-order valence-corrected chi connectivity index (χ2v) is 5.60. The van der Waals surface area contributed by atoms with Crippen molar-refractivity contribution in [2.24, 2.45) is 0 Å². The lowest BCUT2D eigenvalue weighted by molar-refractivity contribution is 0.618. The minimum absolute atomic E-state index is 0.0919. The molecule has 2 rings (SSSR count). The van der Waals surface area contributed by atoms with Crippen LogP contribution in [0.1, 0.15) is 39.4 Å². The van der Waals surface area contributed by atoms with E-state index >= 15 is 0 Å². The lowest BCUT2D eigenvalue weighted by atomic mass is 9.90. The fourth-order valence-electron chi connectivity index (χ4n) is 3.03. The summed E-state index contributed by atoms with van der Waals surface area (Å²) in [6, 6.07) is 9.85. The molecule has 0 radical (unpaired) electrons. The summed E-state index contributed by atoms with van der Waals surface area (Å²) in [5.74, 6) is -0.168. The Hall–Kier alpha value is -1.67. The van der Waals surface area contributed by atoms with Crippen molar-refractivity contribution in [3.8, 4) is 0 Å². The Morgan fingerprint density at radius 2 is 1.35 bits per heavy atom. The molecule has 2 aromatic rings. The van der Waals surface area contributed by atoms with Gasteiger partial charge in [0.25, 0.3) is 0 Å². The Balaban J connectivity index is 2.58. The van der Waals surface area contributed by atoms with Crippen LogP contribution in [0, 0.1) is 33.5 Å². The molecular formula is C18H22FN. The second kappa shape index (κ2) is 5.76. The molecule has 0 fully saturated rings. The third kappa shape index (κ3) is 2.91. The first-order chi connectivity index (χ1) is 9.42. The number of rotatable bonds is 3. The maximum atomic E-state index is 13.5. The average molecular weight is 271 g/mol. The first kappa shape index (κ1) is 14.7. The first-order valence-electron chi connectivity index (χ1n) is 6.94. The number of hydrogen-bond donors (Lipinski definition) is 1. The summed E-state index contributed by atoms with van der Waals surface area (Å²) in [6.45, 7) is 8.15. The summed E-state index contributed by atoms with van der Waals surface area (Å²) >= 11 is 0. The fourth-order valence-corrected chi connectivity index (χ4v) is 3.03. The van der Waals surface area contributed by atoms with Crippen molar-refractivity contribution in [3.63, 3.8) is 0 Å². The average Bonchev–Trinajstić information content (AvgIpc) is 2.32. The van der Waals surface area contributed by atoms with Gasteiger partial charge in [0.2, 0.25) is 0 Å². The number of nitrogens with one attached hydrogen (secondary N) is 1. The van der Waals surface area contributed by atoms with E-state index in [-0.39, 0.29) is 11.9 Å². The van der Waals surface area contributed by atoms with E-state index in [0.29, 0.717) is 0 Å². The van der Waals surface area contributed by atoms with Crippen molar-refractivity contribution in [1.82, 2.24) is 5.32 Å². The number of hydrogen-bond acceptors (Lipinski definition) is 1. The van der Waals surface area contributed by atoms with Crippen molar-refractivity contribution in [1.29, 1.82) is 0 Å². The van der Waals surface area contributed by atoms with Crippen molar-refractivity contribution in [2.45, 2.75) is 33.7 Å². The topological polar surface area (TPSA) is 12.0 Å². The van der Waals surface area contributed by atoms with Crippen LogP contribution in [-0.2, 0) is 0 Å². The predicted molar refractivity (Wildman–Crippen MR) is 82.7 cm³/mol. The molecule has 0 aliphatic heterocycles. The zero-order valence-corrected chi connectivity index (χ0v) is 12.8. The highest BCUT2D eigenvalue weighted by atomic mass is 19.1. The minimum atomic E-state index is -0.168. The molecule has 106 valence electrons. The summed E-state index contributed by atoms with van der Waals surface area (Å²) in [7, 11) is 1.95. The molecule has 2 heteroatoms. The van der Waals surface area contributed by atoms with Crippen LogP contribution in [-0.4, -0.2) is 7.05 Å². The smallest absolute Gasteiger partial charge is 0.123 e. The molecule has 0 saturated heterocycles. The normalized spacial score (nSPS) is 12.5. The van der Waals surface area contributed by atoms with E-state index in [0.717, 1.165) is 11.1 Å². The van der Waals surface area contributed by atoms with Crippen LogP contribution in [0.4, 0.5) is 4.39 Å². The third-order valence-electron chi connectivity index (χ3n) is 3.71. The largest absolute Gasteiger partial charge is 0.309 e. The van der Waals surface area contributed by atoms with Crippen LogP contribution >= 0.6 is 0 Å². The second-order valence-electron chi connectivity index (χ2n) is 5.60. The van der Waals surface area contributed by atoms with Gasteiger partial charge < -0.3 is 5.32 Å². The summed E-state index contributed by atoms with van der Waals surface area (Å²) in [5, 5.41) is 3.37. The van der Waals surface area contributed by atoms with E-state index in [4.69, 9.17) is 0 Å². The zero-order valence-electron chi connectivity index (χ0n) is 12.8. The molecular weight excluding hydrogens is 249 g/mol. The number of benzene rings is 2. The standard InChI is InChI=1S/C18H22FN/c1-11-6-12(2)8-15(7-11)18(20-5)17-13(3)9-16(19)10-14(17)4/h6-10,18,20H,1-5H3. The maximum Gasteiger partial charge on any atom is 0.123 e. The molecule has 0 amide bonds. The van der Waals surface area contributed by atoms with Gasteiger partial charge in [-0.15, -0.1) is 0 Å². The van der Waals surface area contributed by atoms with Gasteiger partial charge in [-0.05, 0) is 69.1 Å². The van der Waals surface area contributed by atoms with Gasteiger partial charge >= 0.3 is 0 Å². The molecule has 1 nitrogen and oxygen atoms in total. The van der Waals surface area contributed by atoms with E-state index < -0.39 is 0 Å². The lowest BCUT2D eigenvalue weighted by Gasteiger charge is -2.22. The van der Waals surface area contributed by atoms with Gasteiger partial charge in [0.05, 0.1) is 6.04 Å². The summed E-state index contributed by atoms with van der Waals surface area (Å²) in [6.07, 6.45) is 0. The zero-order chi connectivity index (χ0) is 14.9. The van der Waals surface area contributed by atoms with Gasteiger partial charge in [0, 0.05) is 0 Å². The van der Waals surface area contributed by atoms with Crippen LogP contribution in [0.3, 0.4) is 0 Å². The van der Waals surface area contributed by atoms with Crippen molar-refractivity contribution in [2.75, 3.05) is 7.05 Å². The van der Waals surface area contributed by atoms with E-state index in [1.807, 2.05) is 20.9 Å². The molecule has 0 aromatic heterocycles. The molecule has 1 N–H and O–H groups in total. The number of aryl methyl sites for hydroxylation is 4. The van der Waals surface area contributed by atoms with Crippen molar-refractivity contribution >= 4 is 0 Å². The maximum absolute atomic E-state index is 13.5. The van der Waals surface area contributed by atoms with E-state index in [1.165, 1.54) is 22.3 Å². The monoisotopic (exact) mass is 271 g/mol. The van der Waals surface area contributed by atoms with Crippen molar-refractivity contribution in [3.05, 3.63) is 69.5 Å². The minimum Gasteiger partial charge on any atom is -0.309 e. The molecule has 0 aliphatic carbocycles. The lowest BCUT2D eigenvalue weighted by Crippen LogP contribution is -2.20. The van der Waals surface area contributed by atoms with Gasteiger partial charge in [0.1, 0.15) is 5.82 Å². The van der Waals surface area contributed by atoms with Gasteiger partial charge in [-0.2, -0.15) is 0 Å². The van der Waals surface area contributed by atoms with Crippen LogP contribution in [0.5, 0.6) is 0 Å². The Morgan fingerprint density at radius 1 is 0.850 bits per heavy atom. The summed E-state index contributed by atoms with van der Waals surface area (Å²) < 4.78 is 13.5. The predicted octanol–water partition coefficient (Wildman–Crippen LogP) is 4.37. The SMILES string of the molecule is CNC(c1cc(C)cc(C)c1)c1c(C)cc(F)cc1C. The molecule has 0 aliphatic rings. The highest BCUT2D eigenvalue weighted by Gasteiger charge is 2.18.